The van der Waals surface area contributed by atoms with E-state index < -0.39 is 11.8 Å². The number of phenolic OH excluding ortho intramolecular Hbond substituents is 1. The molecule has 0 radical (unpaired) electrons. The predicted molar refractivity (Wildman–Crippen MR) is 166 cm³/mol. The van der Waals surface area contributed by atoms with Gasteiger partial charge in [0.15, 0.2) is 0 Å². The molecule has 1 atom stereocenters. The van der Waals surface area contributed by atoms with Gasteiger partial charge in [-0.1, -0.05) is 53.8 Å². The number of halogens is 1. The van der Waals surface area contributed by atoms with Crippen molar-refractivity contribution in [1.82, 2.24) is 14.7 Å². The van der Waals surface area contributed by atoms with Crippen molar-refractivity contribution in [3.8, 4) is 28.8 Å². The van der Waals surface area contributed by atoms with Crippen molar-refractivity contribution in [2.24, 2.45) is 7.05 Å². The molecule has 6 rings (SSSR count). The fourth-order valence-corrected chi connectivity index (χ4v) is 5.84. The number of rotatable bonds is 5. The molecule has 2 saturated heterocycles. The van der Waals surface area contributed by atoms with Crippen LogP contribution in [0.25, 0.3) is 11.3 Å². The van der Waals surface area contributed by atoms with Crippen molar-refractivity contribution in [2.45, 2.75) is 31.0 Å². The molecule has 10 heteroatoms. The molecule has 1 aromatic heterocycles. The van der Waals surface area contributed by atoms with Crippen LogP contribution in [0.4, 0.5) is 5.69 Å². The van der Waals surface area contributed by atoms with Gasteiger partial charge < -0.3 is 19.9 Å². The van der Waals surface area contributed by atoms with Crippen molar-refractivity contribution in [3.63, 3.8) is 0 Å². The van der Waals surface area contributed by atoms with Gasteiger partial charge in [-0.15, -0.1) is 0 Å². The molecule has 3 heterocycles. The first-order valence-corrected chi connectivity index (χ1v) is 14.7. The molecule has 9 nitrogen and oxygen atoms in total. The normalized spacial score (nSPS) is 17.2. The molecule has 2 aliphatic rings. The molecule has 2 aliphatic heterocycles. The second-order valence-corrected chi connectivity index (χ2v) is 11.3. The molecule has 2 amide bonds. The van der Waals surface area contributed by atoms with Gasteiger partial charge in [-0.05, 0) is 48.0 Å². The van der Waals surface area contributed by atoms with Gasteiger partial charge in [0.1, 0.15) is 23.2 Å². The first kappa shape index (κ1) is 29.5. The van der Waals surface area contributed by atoms with Gasteiger partial charge in [0.2, 0.25) is 11.8 Å². The Labute approximate surface area is 260 Å². The molecule has 3 aromatic carbocycles. The number of phenols is 1. The van der Waals surface area contributed by atoms with Gasteiger partial charge >= 0.3 is 0 Å². The summed E-state index contributed by atoms with van der Waals surface area (Å²) in [5.74, 6) is 5.85. The number of aromatic hydroxyl groups is 1. The Hall–Kier alpha value is -4.62. The Balaban J connectivity index is 1.18. The maximum atomic E-state index is 13.6. The lowest BCUT2D eigenvalue weighted by molar-refractivity contribution is -0.169. The lowest BCUT2D eigenvalue weighted by Crippen LogP contribution is -2.57. The van der Waals surface area contributed by atoms with Crippen molar-refractivity contribution < 1.29 is 24.2 Å². The zero-order valence-electron chi connectivity index (χ0n) is 24.1. The number of anilines is 1. The quantitative estimate of drug-likeness (QED) is 0.316. The number of aromatic nitrogens is 2. The third kappa shape index (κ3) is 6.19. The Morgan fingerprint density at radius 2 is 1.82 bits per heavy atom. The zero-order valence-corrected chi connectivity index (χ0v) is 24.9. The van der Waals surface area contributed by atoms with E-state index in [9.17, 15) is 14.7 Å². The van der Waals surface area contributed by atoms with Crippen LogP contribution in [0.1, 0.15) is 29.5 Å². The summed E-state index contributed by atoms with van der Waals surface area (Å²) in [4.78, 5) is 28.8. The summed E-state index contributed by atoms with van der Waals surface area (Å²) in [7, 11) is 1.78. The molecular formula is C34H31ClN4O5. The van der Waals surface area contributed by atoms with Crippen molar-refractivity contribution >= 4 is 29.1 Å². The highest BCUT2D eigenvalue weighted by Gasteiger charge is 2.53. The third-order valence-corrected chi connectivity index (χ3v) is 8.08. The van der Waals surface area contributed by atoms with Crippen LogP contribution in [0.15, 0.2) is 79.0 Å². The molecular weight excluding hydrogens is 580 g/mol. The first-order valence-electron chi connectivity index (χ1n) is 14.3. The van der Waals surface area contributed by atoms with Crippen LogP contribution in [0.3, 0.4) is 0 Å². The monoisotopic (exact) mass is 610 g/mol. The SMILES string of the molecule is Cn1cc(C#Cc2ccc(NC(=O)[C@@H]3COC4(CCOCC4)N3C(=O)Cc3ccccc3)cc2)c(-c2cc(Cl)ccc2O)n1. The lowest BCUT2D eigenvalue weighted by Gasteiger charge is -2.41. The lowest BCUT2D eigenvalue weighted by atomic mass is 9.99. The number of amides is 2. The van der Waals surface area contributed by atoms with E-state index in [1.165, 1.54) is 6.07 Å². The molecule has 2 fully saturated rings. The summed E-state index contributed by atoms with van der Waals surface area (Å²) < 4.78 is 13.4. The molecule has 0 unspecified atom stereocenters. The van der Waals surface area contributed by atoms with Gasteiger partial charge in [-0.3, -0.25) is 19.2 Å². The van der Waals surface area contributed by atoms with Gasteiger partial charge in [0.25, 0.3) is 0 Å². The van der Waals surface area contributed by atoms with E-state index in [1.807, 2.05) is 30.3 Å². The molecule has 0 saturated carbocycles. The molecule has 0 bridgehead atoms. The van der Waals surface area contributed by atoms with Crippen LogP contribution in [0, 0.1) is 11.8 Å². The number of nitrogens with zero attached hydrogens (tertiary/aromatic N) is 3. The summed E-state index contributed by atoms with van der Waals surface area (Å²) in [5.41, 5.74) is 2.98. The van der Waals surface area contributed by atoms with E-state index in [-0.39, 0.29) is 30.6 Å². The van der Waals surface area contributed by atoms with Crippen LogP contribution in [0.5, 0.6) is 5.75 Å². The predicted octanol–water partition coefficient (Wildman–Crippen LogP) is 4.76. The highest BCUT2D eigenvalue weighted by molar-refractivity contribution is 6.31. The van der Waals surface area contributed by atoms with Crippen molar-refractivity contribution in [2.75, 3.05) is 25.1 Å². The molecule has 4 aromatic rings. The zero-order chi connectivity index (χ0) is 30.7. The van der Waals surface area contributed by atoms with Gasteiger partial charge in [0.05, 0.1) is 31.8 Å². The number of nitrogens with one attached hydrogen (secondary N) is 1. The molecule has 0 aliphatic carbocycles. The maximum absolute atomic E-state index is 13.6. The average Bonchev–Trinajstić information content (AvgIpc) is 3.58. The number of ether oxygens (including phenoxy) is 2. The molecule has 1 spiro atoms. The van der Waals surface area contributed by atoms with E-state index in [2.05, 4.69) is 22.3 Å². The molecule has 224 valence electrons. The second kappa shape index (κ2) is 12.5. The number of carbonyl (C=O) groups excluding carboxylic acids is 2. The van der Waals surface area contributed by atoms with Gasteiger partial charge in [0, 0.05) is 47.9 Å². The Kier molecular flexibility index (Phi) is 8.40. The van der Waals surface area contributed by atoms with E-state index in [0.29, 0.717) is 53.6 Å². The summed E-state index contributed by atoms with van der Waals surface area (Å²) in [6.07, 6.45) is 2.98. The van der Waals surface area contributed by atoms with Crippen LogP contribution < -0.4 is 5.32 Å². The summed E-state index contributed by atoms with van der Waals surface area (Å²) in [6.45, 7) is 1.05. The minimum Gasteiger partial charge on any atom is -0.507 e. The van der Waals surface area contributed by atoms with Crippen LogP contribution in [-0.2, 0) is 32.5 Å². The smallest absolute Gasteiger partial charge is 0.249 e. The van der Waals surface area contributed by atoms with E-state index in [1.54, 1.807) is 59.2 Å². The van der Waals surface area contributed by atoms with Crippen LogP contribution in [0.2, 0.25) is 5.02 Å². The Bertz CT molecular complexity index is 1740. The topological polar surface area (TPSA) is 106 Å². The minimum absolute atomic E-state index is 0.0620. The Morgan fingerprint density at radius 1 is 1.07 bits per heavy atom. The summed E-state index contributed by atoms with van der Waals surface area (Å²) >= 11 is 6.14. The maximum Gasteiger partial charge on any atom is 0.249 e. The average molecular weight is 611 g/mol. The summed E-state index contributed by atoms with van der Waals surface area (Å²) in [5, 5.41) is 18.2. The fourth-order valence-electron chi connectivity index (χ4n) is 5.67. The number of aryl methyl sites for hydroxylation is 1. The number of benzene rings is 3. The Morgan fingerprint density at radius 3 is 2.57 bits per heavy atom. The van der Waals surface area contributed by atoms with E-state index >= 15 is 0 Å². The highest BCUT2D eigenvalue weighted by atomic mass is 35.5. The number of hydrogen-bond donors (Lipinski definition) is 2. The standard InChI is InChI=1S/C34H31ClN4O5/c1-38-21-25(32(37-38)28-20-26(35)11-14-30(28)40)10-7-23-8-12-27(13-9-23)36-33(42)29-22-44-34(15-17-43-18-16-34)39(29)31(41)19-24-5-3-2-4-6-24/h2-6,8-9,11-14,20-21,29,40H,15-19,22H2,1H3,(H,36,42)/t29-/m0/s1. The highest BCUT2D eigenvalue weighted by Crippen LogP contribution is 2.38. The van der Waals surface area contributed by atoms with Crippen molar-refractivity contribution in [3.05, 3.63) is 101 Å². The van der Waals surface area contributed by atoms with Gasteiger partial charge in [-0.2, -0.15) is 5.10 Å². The minimum atomic E-state index is -0.849. The largest absolute Gasteiger partial charge is 0.507 e. The fraction of sp³-hybridized carbons (Fsp3) is 0.265. The van der Waals surface area contributed by atoms with Gasteiger partial charge in [-0.25, -0.2) is 0 Å². The molecule has 44 heavy (non-hydrogen) atoms. The second-order valence-electron chi connectivity index (χ2n) is 10.9. The van der Waals surface area contributed by atoms with E-state index in [4.69, 9.17) is 21.1 Å². The number of carbonyl (C=O) groups is 2. The third-order valence-electron chi connectivity index (χ3n) is 7.84. The van der Waals surface area contributed by atoms with Crippen LogP contribution >= 0.6 is 11.6 Å². The van der Waals surface area contributed by atoms with Crippen molar-refractivity contribution in [1.29, 1.82) is 0 Å². The summed E-state index contributed by atoms with van der Waals surface area (Å²) in [6, 6.07) is 20.7. The first-order chi connectivity index (χ1) is 21.3. The molecule has 2 N–H and O–H groups in total. The van der Waals surface area contributed by atoms with Crippen LogP contribution in [-0.4, -0.2) is 63.2 Å². The number of hydrogen-bond acceptors (Lipinski definition) is 6. The van der Waals surface area contributed by atoms with E-state index in [0.717, 1.165) is 11.1 Å².